The molecular weight excluding hydrogens is 289 g/mol. The molecule has 6 nitrogen and oxygen atoms in total. The molecule has 1 fully saturated rings. The number of nitrogens with two attached hydrogens (primary N) is 1. The molecule has 2 amide bonds. The fourth-order valence-electron chi connectivity index (χ4n) is 2.16. The molecule has 114 valence electrons. The lowest BCUT2D eigenvalue weighted by Gasteiger charge is -2.31. The maximum absolute atomic E-state index is 12.3. The molecule has 0 radical (unpaired) electrons. The number of hydrogen-bond donors (Lipinski definition) is 1. The third-order valence-electron chi connectivity index (χ3n) is 3.26. The van der Waals surface area contributed by atoms with Gasteiger partial charge >= 0.3 is 6.18 Å². The highest BCUT2D eigenvalue weighted by Gasteiger charge is 2.35. The fraction of sp³-hybridized carbons (Fsp3) is 0.500. The van der Waals surface area contributed by atoms with E-state index in [9.17, 15) is 22.8 Å². The minimum atomic E-state index is -4.65. The van der Waals surface area contributed by atoms with Crippen LogP contribution in [0.25, 0.3) is 0 Å². The highest BCUT2D eigenvalue weighted by atomic mass is 19.4. The molecule has 0 aromatic carbocycles. The number of rotatable bonds is 2. The number of likely N-dealkylation sites (tertiary alicyclic amines) is 1. The summed E-state index contributed by atoms with van der Waals surface area (Å²) in [6.45, 7) is 0.582. The largest absolute Gasteiger partial charge is 0.451 e. The Labute approximate surface area is 118 Å². The lowest BCUT2D eigenvalue weighted by atomic mass is 9.97. The summed E-state index contributed by atoms with van der Waals surface area (Å²) >= 11 is 0. The minimum absolute atomic E-state index is 0.0480. The molecule has 0 saturated carbocycles. The van der Waals surface area contributed by atoms with Gasteiger partial charge in [0.2, 0.25) is 11.7 Å². The lowest BCUT2D eigenvalue weighted by molar-refractivity contribution is -0.145. The van der Waals surface area contributed by atoms with Crippen molar-refractivity contribution in [1.29, 1.82) is 0 Å². The van der Waals surface area contributed by atoms with Gasteiger partial charge in [-0.05, 0) is 12.8 Å². The van der Waals surface area contributed by atoms with E-state index >= 15 is 0 Å². The van der Waals surface area contributed by atoms with Crippen LogP contribution in [0.5, 0.6) is 0 Å². The van der Waals surface area contributed by atoms with Gasteiger partial charge in [0.15, 0.2) is 0 Å². The third kappa shape index (κ3) is 3.47. The van der Waals surface area contributed by atoms with E-state index in [-0.39, 0.29) is 12.1 Å². The van der Waals surface area contributed by atoms with E-state index < -0.39 is 29.7 Å². The summed E-state index contributed by atoms with van der Waals surface area (Å²) in [4.78, 5) is 31.0. The van der Waals surface area contributed by atoms with Gasteiger partial charge in [-0.2, -0.15) is 13.2 Å². The molecule has 2 N–H and O–H groups in total. The predicted octanol–water partition coefficient (Wildman–Crippen LogP) is 0.833. The Morgan fingerprint density at radius 1 is 1.29 bits per heavy atom. The van der Waals surface area contributed by atoms with Gasteiger partial charge in [-0.3, -0.25) is 9.59 Å². The zero-order valence-corrected chi connectivity index (χ0v) is 10.9. The molecule has 1 aliphatic heterocycles. The second-order valence-corrected chi connectivity index (χ2v) is 4.79. The summed E-state index contributed by atoms with van der Waals surface area (Å²) in [5.41, 5.74) is 5.16. The molecule has 2 rings (SSSR count). The Morgan fingerprint density at radius 3 is 2.43 bits per heavy atom. The van der Waals surface area contributed by atoms with Gasteiger partial charge in [-0.25, -0.2) is 9.97 Å². The number of hydrogen-bond acceptors (Lipinski definition) is 4. The SMILES string of the molecule is NC(=O)C1CCCN(C(=O)c2cnc(C(F)(F)F)nc2)C1. The molecule has 1 aromatic heterocycles. The van der Waals surface area contributed by atoms with E-state index in [0.29, 0.717) is 19.4 Å². The second kappa shape index (κ2) is 5.66. The maximum Gasteiger partial charge on any atom is 0.451 e. The molecule has 2 heterocycles. The summed E-state index contributed by atoms with van der Waals surface area (Å²) in [5, 5.41) is 0. The summed E-state index contributed by atoms with van der Waals surface area (Å²) < 4.78 is 37.0. The number of nitrogens with zero attached hydrogens (tertiary/aromatic N) is 3. The van der Waals surface area contributed by atoms with E-state index in [0.717, 1.165) is 12.4 Å². The first-order valence-electron chi connectivity index (χ1n) is 6.27. The predicted molar refractivity (Wildman–Crippen MR) is 64.9 cm³/mol. The van der Waals surface area contributed by atoms with Crippen LogP contribution in [0.2, 0.25) is 0 Å². The topological polar surface area (TPSA) is 89.2 Å². The van der Waals surface area contributed by atoms with Gasteiger partial charge in [0.1, 0.15) is 0 Å². The van der Waals surface area contributed by atoms with Crippen LogP contribution in [0.1, 0.15) is 29.0 Å². The van der Waals surface area contributed by atoms with Crippen LogP contribution < -0.4 is 5.73 Å². The van der Waals surface area contributed by atoms with Crippen LogP contribution in [-0.4, -0.2) is 39.8 Å². The Morgan fingerprint density at radius 2 is 1.90 bits per heavy atom. The molecule has 0 spiro atoms. The highest BCUT2D eigenvalue weighted by Crippen LogP contribution is 2.25. The molecule has 0 aliphatic carbocycles. The molecule has 0 bridgehead atoms. The first kappa shape index (κ1) is 15.2. The van der Waals surface area contributed by atoms with Gasteiger partial charge in [0.05, 0.1) is 11.5 Å². The van der Waals surface area contributed by atoms with E-state index in [1.807, 2.05) is 0 Å². The molecule has 21 heavy (non-hydrogen) atoms. The average molecular weight is 302 g/mol. The first-order chi connectivity index (χ1) is 9.79. The van der Waals surface area contributed by atoms with Gasteiger partial charge in [-0.1, -0.05) is 0 Å². The fourth-order valence-corrected chi connectivity index (χ4v) is 2.16. The van der Waals surface area contributed by atoms with E-state index in [1.54, 1.807) is 0 Å². The number of alkyl halides is 3. The van der Waals surface area contributed by atoms with Crippen molar-refractivity contribution in [1.82, 2.24) is 14.9 Å². The summed E-state index contributed by atoms with van der Waals surface area (Å²) in [6.07, 6.45) is -1.76. The number of amides is 2. The Hall–Kier alpha value is -2.19. The summed E-state index contributed by atoms with van der Waals surface area (Å²) in [5.74, 6) is -2.73. The van der Waals surface area contributed by atoms with E-state index in [1.165, 1.54) is 4.90 Å². The number of carbonyl (C=O) groups excluding carboxylic acids is 2. The van der Waals surface area contributed by atoms with Gasteiger partial charge in [0.25, 0.3) is 5.91 Å². The smallest absolute Gasteiger partial charge is 0.369 e. The second-order valence-electron chi connectivity index (χ2n) is 4.79. The number of carbonyl (C=O) groups is 2. The standard InChI is InChI=1S/C12H13F3N4O2/c13-12(14,15)11-17-4-8(5-18-11)10(21)19-3-1-2-7(6-19)9(16)20/h4-5,7H,1-3,6H2,(H2,16,20). The van der Waals surface area contributed by atoms with Crippen molar-refractivity contribution in [2.75, 3.05) is 13.1 Å². The summed E-state index contributed by atoms with van der Waals surface area (Å²) in [6, 6.07) is 0. The Balaban J connectivity index is 2.11. The number of halogens is 3. The van der Waals surface area contributed by atoms with Crippen LogP contribution >= 0.6 is 0 Å². The molecule has 1 aliphatic rings. The van der Waals surface area contributed by atoms with Crippen molar-refractivity contribution in [2.24, 2.45) is 11.7 Å². The molecule has 9 heteroatoms. The Kier molecular flexibility index (Phi) is 4.10. The number of piperidine rings is 1. The molecule has 1 atom stereocenters. The minimum Gasteiger partial charge on any atom is -0.369 e. The van der Waals surface area contributed by atoms with Crippen molar-refractivity contribution in [3.8, 4) is 0 Å². The molecule has 1 aromatic rings. The number of aromatic nitrogens is 2. The van der Waals surface area contributed by atoms with Crippen molar-refractivity contribution < 1.29 is 22.8 Å². The summed E-state index contributed by atoms with van der Waals surface area (Å²) in [7, 11) is 0. The van der Waals surface area contributed by atoms with E-state index in [2.05, 4.69) is 9.97 Å². The third-order valence-corrected chi connectivity index (χ3v) is 3.26. The van der Waals surface area contributed by atoms with Gasteiger partial charge in [-0.15, -0.1) is 0 Å². The average Bonchev–Trinajstić information content (AvgIpc) is 2.46. The van der Waals surface area contributed by atoms with Crippen LogP contribution in [0.4, 0.5) is 13.2 Å². The van der Waals surface area contributed by atoms with E-state index in [4.69, 9.17) is 5.73 Å². The molecular formula is C12H13F3N4O2. The quantitative estimate of drug-likeness (QED) is 0.876. The van der Waals surface area contributed by atoms with Gasteiger partial charge in [0, 0.05) is 25.5 Å². The first-order valence-corrected chi connectivity index (χ1v) is 6.27. The van der Waals surface area contributed by atoms with Crippen LogP contribution in [-0.2, 0) is 11.0 Å². The maximum atomic E-state index is 12.3. The van der Waals surface area contributed by atoms with Crippen LogP contribution in [0.3, 0.4) is 0 Å². The van der Waals surface area contributed by atoms with Gasteiger partial charge < -0.3 is 10.6 Å². The Bertz CT molecular complexity index is 544. The normalized spacial score (nSPS) is 19.4. The van der Waals surface area contributed by atoms with Crippen molar-refractivity contribution in [3.05, 3.63) is 23.8 Å². The lowest BCUT2D eigenvalue weighted by Crippen LogP contribution is -2.44. The molecule has 1 saturated heterocycles. The number of primary amides is 1. The van der Waals surface area contributed by atoms with Crippen LogP contribution in [0.15, 0.2) is 12.4 Å². The van der Waals surface area contributed by atoms with Crippen LogP contribution in [0, 0.1) is 5.92 Å². The zero-order valence-electron chi connectivity index (χ0n) is 10.9. The molecule has 1 unspecified atom stereocenters. The van der Waals surface area contributed by atoms with Crippen molar-refractivity contribution >= 4 is 11.8 Å². The van der Waals surface area contributed by atoms with Crippen molar-refractivity contribution in [2.45, 2.75) is 19.0 Å². The van der Waals surface area contributed by atoms with Crippen molar-refractivity contribution in [3.63, 3.8) is 0 Å². The highest BCUT2D eigenvalue weighted by molar-refractivity contribution is 5.94. The monoisotopic (exact) mass is 302 g/mol. The zero-order chi connectivity index (χ0) is 15.6.